The van der Waals surface area contributed by atoms with Crippen molar-refractivity contribution in [2.45, 2.75) is 19.3 Å². The summed E-state index contributed by atoms with van der Waals surface area (Å²) in [5.74, 6) is -0.675. The summed E-state index contributed by atoms with van der Waals surface area (Å²) >= 11 is 1.69. The summed E-state index contributed by atoms with van der Waals surface area (Å²) in [5.41, 5.74) is 3.77. The maximum atomic E-state index is 12.6. The average molecular weight is 442 g/mol. The zero-order valence-corrected chi connectivity index (χ0v) is 17.9. The molecule has 0 radical (unpaired) electrons. The van der Waals surface area contributed by atoms with Gasteiger partial charge >= 0.3 is 0 Å². The number of para-hydroxylation sites is 1. The summed E-state index contributed by atoms with van der Waals surface area (Å²) in [7, 11) is 0. The highest BCUT2D eigenvalue weighted by Crippen LogP contribution is 2.25. The molecular formula is C25H19N3O3S. The number of carbonyl (C=O) groups is 3. The number of hydrogen-bond donors (Lipinski definition) is 1. The second-order valence-corrected chi connectivity index (χ2v) is 8.69. The number of amides is 3. The molecule has 5 rings (SSSR count). The number of thiazole rings is 1. The molecule has 1 fully saturated rings. The normalized spacial score (nSPS) is 13.7. The molecule has 0 unspecified atom stereocenters. The molecule has 7 heteroatoms. The van der Waals surface area contributed by atoms with E-state index in [1.807, 2.05) is 42.5 Å². The first kappa shape index (κ1) is 20.1. The van der Waals surface area contributed by atoms with Crippen LogP contribution >= 0.6 is 11.3 Å². The molecule has 0 spiro atoms. The van der Waals surface area contributed by atoms with Gasteiger partial charge in [-0.25, -0.2) is 4.98 Å². The van der Waals surface area contributed by atoms with Gasteiger partial charge < -0.3 is 5.32 Å². The molecule has 1 aromatic heterocycles. The Hall–Kier alpha value is -3.84. The molecule has 1 saturated heterocycles. The molecule has 2 heterocycles. The Kier molecular flexibility index (Phi) is 5.25. The van der Waals surface area contributed by atoms with Crippen LogP contribution in [0.1, 0.15) is 33.8 Å². The van der Waals surface area contributed by atoms with Crippen LogP contribution in [0.5, 0.6) is 0 Å². The first-order valence-corrected chi connectivity index (χ1v) is 11.1. The third-order valence-electron chi connectivity index (χ3n) is 5.34. The van der Waals surface area contributed by atoms with Crippen LogP contribution in [0.2, 0.25) is 0 Å². The van der Waals surface area contributed by atoms with Crippen molar-refractivity contribution in [2.24, 2.45) is 0 Å². The minimum atomic E-state index is -0.255. The van der Waals surface area contributed by atoms with Crippen LogP contribution in [0.15, 0.2) is 72.8 Å². The zero-order valence-electron chi connectivity index (χ0n) is 17.1. The van der Waals surface area contributed by atoms with Gasteiger partial charge in [-0.15, -0.1) is 11.3 Å². The number of nitrogens with zero attached hydrogens (tertiary/aromatic N) is 2. The molecule has 1 aliphatic rings. The van der Waals surface area contributed by atoms with Crippen LogP contribution in [-0.2, 0) is 16.0 Å². The average Bonchev–Trinajstić information content (AvgIpc) is 3.37. The highest BCUT2D eigenvalue weighted by atomic mass is 32.1. The van der Waals surface area contributed by atoms with E-state index < -0.39 is 0 Å². The number of hydrogen-bond acceptors (Lipinski definition) is 5. The molecule has 0 aliphatic carbocycles. The summed E-state index contributed by atoms with van der Waals surface area (Å²) in [6.07, 6.45) is 1.20. The number of imide groups is 1. The summed E-state index contributed by atoms with van der Waals surface area (Å²) in [6.45, 7) is 0. The lowest BCUT2D eigenvalue weighted by Gasteiger charge is -2.14. The van der Waals surface area contributed by atoms with E-state index in [1.54, 1.807) is 35.6 Å². The Morgan fingerprint density at radius 1 is 0.906 bits per heavy atom. The molecule has 0 saturated carbocycles. The van der Waals surface area contributed by atoms with Gasteiger partial charge in [-0.1, -0.05) is 24.3 Å². The molecule has 0 atom stereocenters. The Bertz CT molecular complexity index is 1280. The van der Waals surface area contributed by atoms with Crippen molar-refractivity contribution in [3.8, 4) is 0 Å². The molecule has 4 aromatic rings. The Labute approximate surface area is 188 Å². The smallest absolute Gasteiger partial charge is 0.255 e. The predicted molar refractivity (Wildman–Crippen MR) is 125 cm³/mol. The zero-order chi connectivity index (χ0) is 22.1. The topological polar surface area (TPSA) is 79.4 Å². The van der Waals surface area contributed by atoms with Gasteiger partial charge in [0.15, 0.2) is 0 Å². The fourth-order valence-corrected chi connectivity index (χ4v) is 4.71. The van der Waals surface area contributed by atoms with E-state index in [1.165, 1.54) is 9.60 Å². The van der Waals surface area contributed by atoms with Crippen LogP contribution in [0.3, 0.4) is 0 Å². The van der Waals surface area contributed by atoms with Crippen LogP contribution in [-0.4, -0.2) is 22.7 Å². The quantitative estimate of drug-likeness (QED) is 0.452. The van der Waals surface area contributed by atoms with Gasteiger partial charge in [0.2, 0.25) is 11.8 Å². The standard InChI is InChI=1S/C25H19N3O3S/c29-23-13-14-24(30)28(23)19-11-7-17(8-12-19)25(31)26-18-9-5-16(6-10-18)15-22-27-20-3-1-2-4-21(20)32-22/h1-12H,13-15H2,(H,26,31). The molecule has 3 aromatic carbocycles. The van der Waals surface area contributed by atoms with E-state index in [0.29, 0.717) is 16.9 Å². The SMILES string of the molecule is O=C(Nc1ccc(Cc2nc3ccccc3s2)cc1)c1ccc(N2C(=O)CCC2=O)cc1. The van der Waals surface area contributed by atoms with Crippen molar-refractivity contribution in [3.63, 3.8) is 0 Å². The monoisotopic (exact) mass is 441 g/mol. The lowest BCUT2D eigenvalue weighted by Crippen LogP contribution is -2.28. The van der Waals surface area contributed by atoms with Crippen molar-refractivity contribution in [1.29, 1.82) is 0 Å². The summed E-state index contributed by atoms with van der Waals surface area (Å²) in [4.78, 5) is 42.1. The van der Waals surface area contributed by atoms with E-state index in [9.17, 15) is 14.4 Å². The predicted octanol–water partition coefficient (Wildman–Crippen LogP) is 4.79. The molecule has 0 bridgehead atoms. The minimum Gasteiger partial charge on any atom is -0.322 e. The molecule has 32 heavy (non-hydrogen) atoms. The lowest BCUT2D eigenvalue weighted by molar-refractivity contribution is -0.121. The van der Waals surface area contributed by atoms with Crippen LogP contribution < -0.4 is 10.2 Å². The van der Waals surface area contributed by atoms with Crippen LogP contribution in [0.25, 0.3) is 10.2 Å². The van der Waals surface area contributed by atoms with E-state index >= 15 is 0 Å². The third-order valence-corrected chi connectivity index (χ3v) is 6.38. The maximum absolute atomic E-state index is 12.6. The number of carbonyl (C=O) groups excluding carboxylic acids is 3. The fourth-order valence-electron chi connectivity index (χ4n) is 3.71. The van der Waals surface area contributed by atoms with E-state index in [2.05, 4.69) is 16.4 Å². The van der Waals surface area contributed by atoms with Crippen molar-refractivity contribution in [2.75, 3.05) is 10.2 Å². The van der Waals surface area contributed by atoms with E-state index in [-0.39, 0.29) is 30.6 Å². The number of fused-ring (bicyclic) bond motifs is 1. The van der Waals surface area contributed by atoms with Crippen LogP contribution in [0, 0.1) is 0 Å². The van der Waals surface area contributed by atoms with Gasteiger partial charge in [-0.3, -0.25) is 19.3 Å². The van der Waals surface area contributed by atoms with E-state index in [4.69, 9.17) is 0 Å². The number of nitrogens with one attached hydrogen (secondary N) is 1. The van der Waals surface area contributed by atoms with Crippen molar-refractivity contribution >= 4 is 50.6 Å². The fraction of sp³-hybridized carbons (Fsp3) is 0.120. The molecular weight excluding hydrogens is 422 g/mol. The molecule has 6 nitrogen and oxygen atoms in total. The maximum Gasteiger partial charge on any atom is 0.255 e. The first-order valence-electron chi connectivity index (χ1n) is 10.3. The van der Waals surface area contributed by atoms with Gasteiger partial charge in [0.25, 0.3) is 5.91 Å². The van der Waals surface area contributed by atoms with Gasteiger partial charge in [0.1, 0.15) is 0 Å². The Balaban J connectivity index is 1.23. The third kappa shape index (κ3) is 4.02. The van der Waals surface area contributed by atoms with E-state index in [0.717, 1.165) is 22.5 Å². The van der Waals surface area contributed by atoms with Crippen molar-refractivity contribution in [1.82, 2.24) is 4.98 Å². The highest BCUT2D eigenvalue weighted by molar-refractivity contribution is 7.18. The van der Waals surface area contributed by atoms with Gasteiger partial charge in [0.05, 0.1) is 20.9 Å². The lowest BCUT2D eigenvalue weighted by atomic mass is 10.1. The van der Waals surface area contributed by atoms with Crippen LogP contribution in [0.4, 0.5) is 11.4 Å². The molecule has 1 aliphatic heterocycles. The summed E-state index contributed by atoms with van der Waals surface area (Å²) in [6, 6.07) is 22.3. The Morgan fingerprint density at radius 3 is 2.28 bits per heavy atom. The number of benzene rings is 3. The second-order valence-electron chi connectivity index (χ2n) is 7.57. The second kappa shape index (κ2) is 8.36. The minimum absolute atomic E-state index is 0.210. The highest BCUT2D eigenvalue weighted by Gasteiger charge is 2.30. The molecule has 3 amide bonds. The summed E-state index contributed by atoms with van der Waals surface area (Å²) < 4.78 is 1.18. The number of rotatable bonds is 5. The summed E-state index contributed by atoms with van der Waals surface area (Å²) in [5, 5.41) is 3.93. The van der Waals surface area contributed by atoms with Crippen molar-refractivity contribution < 1.29 is 14.4 Å². The largest absolute Gasteiger partial charge is 0.322 e. The molecule has 158 valence electrons. The molecule has 1 N–H and O–H groups in total. The number of aromatic nitrogens is 1. The van der Waals surface area contributed by atoms with Gasteiger partial charge in [0, 0.05) is 30.5 Å². The van der Waals surface area contributed by atoms with Gasteiger partial charge in [-0.2, -0.15) is 0 Å². The Morgan fingerprint density at radius 2 is 1.59 bits per heavy atom. The van der Waals surface area contributed by atoms with Crippen molar-refractivity contribution in [3.05, 3.63) is 88.9 Å². The number of anilines is 2. The van der Waals surface area contributed by atoms with Gasteiger partial charge in [-0.05, 0) is 54.1 Å². The first-order chi connectivity index (χ1) is 15.6.